The maximum atomic E-state index is 12.1. The van der Waals surface area contributed by atoms with E-state index in [1.54, 1.807) is 0 Å². The number of nitrogens with one attached hydrogen (secondary N) is 1. The summed E-state index contributed by atoms with van der Waals surface area (Å²) in [5.41, 5.74) is 1.74. The lowest BCUT2D eigenvalue weighted by molar-refractivity contribution is -0.901. The summed E-state index contributed by atoms with van der Waals surface area (Å²) in [5.74, 6) is -0.0161. The number of nitrogens with zero attached hydrogens (tertiary/aromatic N) is 1. The molecule has 1 heterocycles. The van der Waals surface area contributed by atoms with Crippen molar-refractivity contribution in [2.45, 2.75) is 13.0 Å². The topological polar surface area (TPSA) is 38.3 Å². The molecule has 1 N–H and O–H groups in total. The van der Waals surface area contributed by atoms with Crippen LogP contribution in [0, 0.1) is 6.92 Å². The minimum absolute atomic E-state index is 0. The third-order valence-electron chi connectivity index (χ3n) is 3.63. The van der Waals surface area contributed by atoms with E-state index in [0.29, 0.717) is 6.54 Å². The number of carbonyl (C=O) groups excluding carboxylic acids is 1. The van der Waals surface area contributed by atoms with Gasteiger partial charge in [0.1, 0.15) is 19.2 Å². The van der Waals surface area contributed by atoms with Crippen molar-refractivity contribution in [2.75, 3.05) is 40.3 Å². The van der Waals surface area contributed by atoms with Crippen molar-refractivity contribution in [3.63, 3.8) is 0 Å². The molecule has 112 valence electrons. The van der Waals surface area contributed by atoms with Gasteiger partial charge in [-0.05, 0) is 18.6 Å². The van der Waals surface area contributed by atoms with Crippen LogP contribution < -0.4 is 29.3 Å². The monoisotopic (exact) mass is 390 g/mol. The average Bonchev–Trinajstić information content (AvgIpc) is 2.35. The van der Waals surface area contributed by atoms with Gasteiger partial charge in [-0.25, -0.2) is 0 Å². The average molecular weight is 390 g/mol. The van der Waals surface area contributed by atoms with Crippen molar-refractivity contribution in [3.05, 3.63) is 35.4 Å². The van der Waals surface area contributed by atoms with E-state index in [9.17, 15) is 4.79 Å². The van der Waals surface area contributed by atoms with E-state index in [4.69, 9.17) is 4.74 Å². The number of hydrogen-bond acceptors (Lipinski definition) is 2. The molecule has 1 aromatic carbocycles. The van der Waals surface area contributed by atoms with Crippen LogP contribution in [-0.4, -0.2) is 56.8 Å². The molecular formula is C15H23IN2O2. The number of amides is 1. The summed E-state index contributed by atoms with van der Waals surface area (Å²) in [6.45, 7) is 5.26. The summed E-state index contributed by atoms with van der Waals surface area (Å²) >= 11 is 0. The van der Waals surface area contributed by atoms with Gasteiger partial charge in [0.05, 0.1) is 20.7 Å². The van der Waals surface area contributed by atoms with Crippen LogP contribution in [0.3, 0.4) is 0 Å². The zero-order valence-corrected chi connectivity index (χ0v) is 14.5. The summed E-state index contributed by atoms with van der Waals surface area (Å²) in [5, 5.41) is 2.97. The van der Waals surface area contributed by atoms with Crippen LogP contribution in [0.25, 0.3) is 0 Å². The number of halogens is 1. The molecule has 0 radical (unpaired) electrons. The first-order valence-corrected chi connectivity index (χ1v) is 6.75. The van der Waals surface area contributed by atoms with E-state index in [0.717, 1.165) is 35.3 Å². The number of morpholine rings is 1. The van der Waals surface area contributed by atoms with Gasteiger partial charge in [0.2, 0.25) is 0 Å². The number of aryl methyl sites for hydroxylation is 1. The predicted molar refractivity (Wildman–Crippen MR) is 75.1 cm³/mol. The Morgan fingerprint density at radius 1 is 1.40 bits per heavy atom. The number of hydrogen-bond donors (Lipinski definition) is 1. The largest absolute Gasteiger partial charge is 1.00 e. The van der Waals surface area contributed by atoms with Crippen LogP contribution in [0.2, 0.25) is 0 Å². The van der Waals surface area contributed by atoms with Gasteiger partial charge in [-0.3, -0.25) is 4.79 Å². The molecule has 2 rings (SSSR count). The molecule has 1 aliphatic heterocycles. The molecule has 0 saturated carbocycles. The molecule has 1 aromatic rings. The Morgan fingerprint density at radius 3 is 2.75 bits per heavy atom. The summed E-state index contributed by atoms with van der Waals surface area (Å²) in [6, 6.07) is 7.63. The van der Waals surface area contributed by atoms with Crippen LogP contribution >= 0.6 is 0 Å². The van der Waals surface area contributed by atoms with E-state index in [-0.39, 0.29) is 36.0 Å². The normalized spacial score (nSPS) is 20.9. The van der Waals surface area contributed by atoms with Crippen LogP contribution in [0.4, 0.5) is 0 Å². The Hall–Kier alpha value is -0.660. The number of ether oxygens (including phenoxy) is 1. The fraction of sp³-hybridized carbons (Fsp3) is 0.533. The van der Waals surface area contributed by atoms with Crippen LogP contribution in [0.15, 0.2) is 24.3 Å². The Balaban J connectivity index is 0.00000200. The summed E-state index contributed by atoms with van der Waals surface area (Å²) in [6.07, 6.45) is 0.108. The molecule has 4 nitrogen and oxygen atoms in total. The summed E-state index contributed by atoms with van der Waals surface area (Å²) < 4.78 is 6.65. The first-order valence-electron chi connectivity index (χ1n) is 6.75. The van der Waals surface area contributed by atoms with E-state index >= 15 is 0 Å². The SMILES string of the molecule is Cc1ccccc1C(=O)NCC1C[N+](C)(C)CCO1.[I-]. The Bertz CT molecular complexity index is 463. The lowest BCUT2D eigenvalue weighted by atomic mass is 10.1. The molecule has 0 aromatic heterocycles. The third kappa shape index (κ3) is 4.71. The zero-order valence-electron chi connectivity index (χ0n) is 12.4. The predicted octanol–water partition coefficient (Wildman–Crippen LogP) is -1.80. The first-order chi connectivity index (χ1) is 8.98. The van der Waals surface area contributed by atoms with E-state index < -0.39 is 0 Å². The fourth-order valence-electron chi connectivity index (χ4n) is 2.41. The molecule has 0 bridgehead atoms. The Morgan fingerprint density at radius 2 is 2.10 bits per heavy atom. The highest BCUT2D eigenvalue weighted by Crippen LogP contribution is 2.10. The van der Waals surface area contributed by atoms with Gasteiger partial charge in [0, 0.05) is 12.1 Å². The van der Waals surface area contributed by atoms with Gasteiger partial charge in [0.15, 0.2) is 0 Å². The minimum Gasteiger partial charge on any atom is -1.00 e. The lowest BCUT2D eigenvalue weighted by Crippen LogP contribution is -3.00. The Kier molecular flexibility index (Phi) is 6.42. The number of quaternary nitrogens is 1. The molecule has 20 heavy (non-hydrogen) atoms. The maximum absolute atomic E-state index is 12.1. The molecule has 1 saturated heterocycles. The van der Waals surface area contributed by atoms with Gasteiger partial charge < -0.3 is 38.5 Å². The van der Waals surface area contributed by atoms with Gasteiger partial charge in [-0.2, -0.15) is 0 Å². The lowest BCUT2D eigenvalue weighted by Gasteiger charge is -2.37. The van der Waals surface area contributed by atoms with Crippen LogP contribution in [0.5, 0.6) is 0 Å². The molecule has 0 aliphatic carbocycles. The van der Waals surface area contributed by atoms with Crippen molar-refractivity contribution < 1.29 is 38.0 Å². The highest BCUT2D eigenvalue weighted by Gasteiger charge is 2.28. The van der Waals surface area contributed by atoms with E-state index in [1.807, 2.05) is 31.2 Å². The summed E-state index contributed by atoms with van der Waals surface area (Å²) in [7, 11) is 4.39. The standard InChI is InChI=1S/C15H22N2O2.HI/c1-12-6-4-5-7-14(12)15(18)16-10-13-11-17(2,3)8-9-19-13;/h4-7,13H,8-11H2,1-3H3;1H. The maximum Gasteiger partial charge on any atom is 0.251 e. The summed E-state index contributed by atoms with van der Waals surface area (Å²) in [4.78, 5) is 12.1. The molecule has 0 spiro atoms. The molecule has 1 atom stereocenters. The van der Waals surface area contributed by atoms with Crippen molar-refractivity contribution in [1.29, 1.82) is 0 Å². The second kappa shape index (κ2) is 7.38. The highest BCUT2D eigenvalue weighted by atomic mass is 127. The van der Waals surface area contributed by atoms with Gasteiger partial charge in [-0.1, -0.05) is 18.2 Å². The second-order valence-electron chi connectivity index (χ2n) is 5.86. The van der Waals surface area contributed by atoms with Crippen molar-refractivity contribution in [1.82, 2.24) is 5.32 Å². The third-order valence-corrected chi connectivity index (χ3v) is 3.63. The number of likely N-dealkylation sites (N-methyl/N-ethyl adjacent to an activating group) is 1. The number of carbonyl (C=O) groups is 1. The zero-order chi connectivity index (χ0) is 13.9. The molecule has 5 heteroatoms. The van der Waals surface area contributed by atoms with Gasteiger partial charge in [0.25, 0.3) is 5.91 Å². The van der Waals surface area contributed by atoms with Crippen molar-refractivity contribution in [3.8, 4) is 0 Å². The Labute approximate surface area is 138 Å². The van der Waals surface area contributed by atoms with Gasteiger partial charge >= 0.3 is 0 Å². The van der Waals surface area contributed by atoms with Crippen LogP contribution in [0.1, 0.15) is 15.9 Å². The van der Waals surface area contributed by atoms with Crippen molar-refractivity contribution >= 4 is 5.91 Å². The number of benzene rings is 1. The fourth-order valence-corrected chi connectivity index (χ4v) is 2.41. The number of rotatable bonds is 3. The first kappa shape index (κ1) is 17.4. The van der Waals surface area contributed by atoms with Gasteiger partial charge in [-0.15, -0.1) is 0 Å². The smallest absolute Gasteiger partial charge is 0.251 e. The molecule has 1 unspecified atom stereocenters. The molecular weight excluding hydrogens is 367 g/mol. The van der Waals surface area contributed by atoms with Crippen molar-refractivity contribution in [2.24, 2.45) is 0 Å². The van der Waals surface area contributed by atoms with E-state index in [2.05, 4.69) is 19.4 Å². The highest BCUT2D eigenvalue weighted by molar-refractivity contribution is 5.95. The molecule has 1 aliphatic rings. The quantitative estimate of drug-likeness (QED) is 0.489. The minimum atomic E-state index is -0.0161. The molecule has 1 fully saturated rings. The van der Waals surface area contributed by atoms with E-state index in [1.165, 1.54) is 0 Å². The second-order valence-corrected chi connectivity index (χ2v) is 5.86. The van der Waals surface area contributed by atoms with Crippen LogP contribution in [-0.2, 0) is 4.74 Å². The molecule has 1 amide bonds.